The van der Waals surface area contributed by atoms with Gasteiger partial charge in [0.15, 0.2) is 11.9 Å². The minimum absolute atomic E-state index is 0.0546. The maximum atomic E-state index is 13.1. The van der Waals surface area contributed by atoms with E-state index in [-0.39, 0.29) is 11.9 Å². The monoisotopic (exact) mass is 333 g/mol. The third kappa shape index (κ3) is 3.32. The quantitative estimate of drug-likeness (QED) is 0.819. The molecule has 1 aliphatic carbocycles. The number of nitrogens with one attached hydrogen (secondary N) is 1. The predicted octanol–water partition coefficient (Wildman–Crippen LogP) is 4.81. The van der Waals surface area contributed by atoms with Crippen molar-refractivity contribution in [2.75, 3.05) is 0 Å². The summed E-state index contributed by atoms with van der Waals surface area (Å²) in [6.07, 6.45) is 7.73. The number of rotatable bonds is 3. The minimum Gasteiger partial charge on any atom is -0.480 e. The van der Waals surface area contributed by atoms with Crippen molar-refractivity contribution in [2.45, 2.75) is 44.2 Å². The Bertz CT molecular complexity index is 776. The first-order valence-electron chi connectivity index (χ1n) is 9.14. The molecule has 0 aromatic heterocycles. The van der Waals surface area contributed by atoms with Crippen LogP contribution in [0.15, 0.2) is 66.4 Å². The molecule has 2 aromatic rings. The van der Waals surface area contributed by atoms with Gasteiger partial charge in [-0.1, -0.05) is 61.7 Å². The molecule has 1 atom stereocenters. The molecule has 1 fully saturated rings. The van der Waals surface area contributed by atoms with Crippen LogP contribution in [0.3, 0.4) is 0 Å². The zero-order valence-corrected chi connectivity index (χ0v) is 14.3. The number of carbonyl (C=O) groups is 1. The molecule has 1 N–H and O–H groups in total. The molecule has 128 valence electrons. The zero-order valence-electron chi connectivity index (χ0n) is 14.3. The molecule has 1 heterocycles. The van der Waals surface area contributed by atoms with Crippen LogP contribution in [-0.4, -0.2) is 11.8 Å². The lowest BCUT2D eigenvalue weighted by atomic mass is 9.91. The average Bonchev–Trinajstić information content (AvgIpc) is 2.69. The van der Waals surface area contributed by atoms with Crippen molar-refractivity contribution in [3.63, 3.8) is 0 Å². The SMILES string of the molecule is O=C1/C(=C\NC2CCCCC2)C(c2ccccc2)Oc2ccccc21. The molecule has 0 bridgehead atoms. The molecule has 1 aliphatic heterocycles. The van der Waals surface area contributed by atoms with Gasteiger partial charge in [0.05, 0.1) is 11.1 Å². The number of Topliss-reactive ketones (excluding diaryl/α,β-unsaturated/α-hetero) is 1. The molecule has 0 saturated heterocycles. The van der Waals surface area contributed by atoms with Crippen LogP contribution in [0.4, 0.5) is 0 Å². The molecular weight excluding hydrogens is 310 g/mol. The highest BCUT2D eigenvalue weighted by atomic mass is 16.5. The fourth-order valence-corrected chi connectivity index (χ4v) is 3.72. The minimum atomic E-state index is -0.361. The molecule has 0 amide bonds. The Morgan fingerprint density at radius 2 is 1.64 bits per heavy atom. The van der Waals surface area contributed by atoms with Gasteiger partial charge in [-0.3, -0.25) is 4.79 Å². The molecule has 4 rings (SSSR count). The number of ether oxygens (including phenoxy) is 1. The summed E-state index contributed by atoms with van der Waals surface area (Å²) < 4.78 is 6.21. The van der Waals surface area contributed by atoms with Gasteiger partial charge in [-0.2, -0.15) is 0 Å². The molecule has 0 spiro atoms. The van der Waals surface area contributed by atoms with Gasteiger partial charge in [0.1, 0.15) is 5.75 Å². The Labute approximate surface area is 148 Å². The normalized spacial score (nSPS) is 22.3. The summed E-state index contributed by atoms with van der Waals surface area (Å²) in [5.41, 5.74) is 2.34. The maximum absolute atomic E-state index is 13.1. The predicted molar refractivity (Wildman–Crippen MR) is 98.7 cm³/mol. The van der Waals surface area contributed by atoms with Crippen LogP contribution in [0, 0.1) is 0 Å². The van der Waals surface area contributed by atoms with Crippen molar-refractivity contribution in [3.8, 4) is 5.75 Å². The average molecular weight is 333 g/mol. The first-order chi connectivity index (χ1) is 12.3. The van der Waals surface area contributed by atoms with Crippen molar-refractivity contribution >= 4 is 5.78 Å². The summed E-state index contributed by atoms with van der Waals surface area (Å²) in [4.78, 5) is 13.1. The smallest absolute Gasteiger partial charge is 0.198 e. The highest BCUT2D eigenvalue weighted by molar-refractivity contribution is 6.12. The fourth-order valence-electron chi connectivity index (χ4n) is 3.72. The van der Waals surface area contributed by atoms with Gasteiger partial charge in [0.2, 0.25) is 0 Å². The van der Waals surface area contributed by atoms with Crippen LogP contribution in [-0.2, 0) is 0 Å². The van der Waals surface area contributed by atoms with Gasteiger partial charge in [0.25, 0.3) is 0 Å². The van der Waals surface area contributed by atoms with Gasteiger partial charge in [-0.25, -0.2) is 0 Å². The van der Waals surface area contributed by atoms with E-state index in [0.717, 1.165) is 5.56 Å². The van der Waals surface area contributed by atoms with Crippen LogP contribution in [0.5, 0.6) is 5.75 Å². The molecule has 0 radical (unpaired) electrons. The highest BCUT2D eigenvalue weighted by Crippen LogP contribution is 2.38. The zero-order chi connectivity index (χ0) is 17.1. The molecular formula is C22H23NO2. The second-order valence-electron chi connectivity index (χ2n) is 6.84. The standard InChI is InChI=1S/C22H23NO2/c24-21-18-13-7-8-14-20(18)25-22(16-9-3-1-4-10-16)19(21)15-23-17-11-5-2-6-12-17/h1,3-4,7-10,13-15,17,22-23H,2,5-6,11-12H2/b19-15+. The summed E-state index contributed by atoms with van der Waals surface area (Å²) in [6, 6.07) is 17.9. The summed E-state index contributed by atoms with van der Waals surface area (Å²) in [6.45, 7) is 0. The lowest BCUT2D eigenvalue weighted by Gasteiger charge is -2.29. The van der Waals surface area contributed by atoms with Crippen LogP contribution in [0.25, 0.3) is 0 Å². The molecule has 2 aliphatic rings. The van der Waals surface area contributed by atoms with Crippen molar-refractivity contribution in [2.24, 2.45) is 0 Å². The van der Waals surface area contributed by atoms with E-state index in [1.54, 1.807) is 0 Å². The largest absolute Gasteiger partial charge is 0.480 e. The van der Waals surface area contributed by atoms with E-state index in [4.69, 9.17) is 4.74 Å². The van der Waals surface area contributed by atoms with E-state index in [2.05, 4.69) is 5.32 Å². The van der Waals surface area contributed by atoms with E-state index in [1.165, 1.54) is 32.1 Å². The maximum Gasteiger partial charge on any atom is 0.198 e. The first-order valence-corrected chi connectivity index (χ1v) is 9.14. The second-order valence-corrected chi connectivity index (χ2v) is 6.84. The first kappa shape index (κ1) is 15.9. The van der Waals surface area contributed by atoms with Crippen molar-refractivity contribution < 1.29 is 9.53 Å². The lowest BCUT2D eigenvalue weighted by Crippen LogP contribution is -2.30. The Kier molecular flexibility index (Phi) is 4.55. The van der Waals surface area contributed by atoms with Gasteiger partial charge in [-0.05, 0) is 30.5 Å². The van der Waals surface area contributed by atoms with Crippen molar-refractivity contribution in [1.82, 2.24) is 5.32 Å². The third-order valence-electron chi connectivity index (χ3n) is 5.10. The van der Waals surface area contributed by atoms with E-state index in [1.807, 2.05) is 60.8 Å². The van der Waals surface area contributed by atoms with Crippen LogP contribution < -0.4 is 10.1 Å². The fraction of sp³-hybridized carbons (Fsp3) is 0.318. The summed E-state index contributed by atoms with van der Waals surface area (Å²) in [5.74, 6) is 0.718. The van der Waals surface area contributed by atoms with E-state index in [0.29, 0.717) is 22.9 Å². The number of fused-ring (bicyclic) bond motifs is 1. The Morgan fingerprint density at radius 3 is 2.44 bits per heavy atom. The highest BCUT2D eigenvalue weighted by Gasteiger charge is 2.32. The van der Waals surface area contributed by atoms with Gasteiger partial charge >= 0.3 is 0 Å². The molecule has 3 heteroatoms. The van der Waals surface area contributed by atoms with E-state index < -0.39 is 0 Å². The Morgan fingerprint density at radius 1 is 0.920 bits per heavy atom. The van der Waals surface area contributed by atoms with Crippen LogP contribution in [0.2, 0.25) is 0 Å². The third-order valence-corrected chi connectivity index (χ3v) is 5.10. The molecule has 3 nitrogen and oxygen atoms in total. The number of benzene rings is 2. The number of hydrogen-bond acceptors (Lipinski definition) is 3. The summed E-state index contributed by atoms with van der Waals surface area (Å²) in [7, 11) is 0. The van der Waals surface area contributed by atoms with Crippen molar-refractivity contribution in [1.29, 1.82) is 0 Å². The number of para-hydroxylation sites is 1. The number of carbonyl (C=O) groups excluding carboxylic acids is 1. The van der Waals surface area contributed by atoms with Crippen LogP contribution >= 0.6 is 0 Å². The topological polar surface area (TPSA) is 38.3 Å². The summed E-state index contributed by atoms with van der Waals surface area (Å²) >= 11 is 0. The molecule has 1 unspecified atom stereocenters. The van der Waals surface area contributed by atoms with Crippen molar-refractivity contribution in [3.05, 3.63) is 77.5 Å². The van der Waals surface area contributed by atoms with E-state index >= 15 is 0 Å². The molecule has 25 heavy (non-hydrogen) atoms. The lowest BCUT2D eigenvalue weighted by molar-refractivity contribution is 0.0959. The van der Waals surface area contributed by atoms with Crippen LogP contribution in [0.1, 0.15) is 54.1 Å². The number of hydrogen-bond donors (Lipinski definition) is 1. The van der Waals surface area contributed by atoms with Gasteiger partial charge < -0.3 is 10.1 Å². The number of ketones is 1. The van der Waals surface area contributed by atoms with Gasteiger partial charge in [-0.15, -0.1) is 0 Å². The Balaban J connectivity index is 1.68. The summed E-state index contributed by atoms with van der Waals surface area (Å²) in [5, 5.41) is 3.49. The molecule has 2 aromatic carbocycles. The second kappa shape index (κ2) is 7.14. The Hall–Kier alpha value is -2.55. The van der Waals surface area contributed by atoms with E-state index in [9.17, 15) is 4.79 Å². The van der Waals surface area contributed by atoms with Gasteiger partial charge in [0, 0.05) is 12.2 Å². The molecule has 1 saturated carbocycles.